The fourth-order valence-electron chi connectivity index (χ4n) is 2.61. The highest BCUT2D eigenvalue weighted by Crippen LogP contribution is 2.21. The average molecular weight is 384 g/mol. The predicted molar refractivity (Wildman–Crippen MR) is 107 cm³/mol. The van der Waals surface area contributed by atoms with Crippen LogP contribution in [0.2, 0.25) is 5.02 Å². The van der Waals surface area contributed by atoms with E-state index in [9.17, 15) is 5.11 Å². The molecule has 0 aliphatic rings. The van der Waals surface area contributed by atoms with Gasteiger partial charge in [-0.25, -0.2) is 0 Å². The summed E-state index contributed by atoms with van der Waals surface area (Å²) in [5.74, 6) is 0. The van der Waals surface area contributed by atoms with Crippen molar-refractivity contribution >= 4 is 24.0 Å². The number of nitrogens with one attached hydrogen (secondary N) is 1. The second-order valence-electron chi connectivity index (χ2n) is 5.98. The van der Waals surface area contributed by atoms with Crippen LogP contribution in [0.1, 0.15) is 43.5 Å². The van der Waals surface area contributed by atoms with Gasteiger partial charge in [0.1, 0.15) is 0 Å². The molecule has 2 N–H and O–H groups in total. The monoisotopic (exact) mass is 383 g/mol. The van der Waals surface area contributed by atoms with Crippen molar-refractivity contribution in [3.8, 4) is 0 Å². The fraction of sp³-hybridized carbons (Fsp3) is 0.400. The molecule has 0 aliphatic carbocycles. The highest BCUT2D eigenvalue weighted by Gasteiger charge is 2.13. The number of rotatable bonds is 9. The Morgan fingerprint density at radius 2 is 1.76 bits per heavy atom. The lowest BCUT2D eigenvalue weighted by Gasteiger charge is -2.21. The van der Waals surface area contributed by atoms with Crippen molar-refractivity contribution in [3.63, 3.8) is 0 Å². The van der Waals surface area contributed by atoms with Crippen molar-refractivity contribution in [2.24, 2.45) is 0 Å². The van der Waals surface area contributed by atoms with Gasteiger partial charge in [-0.1, -0.05) is 61.0 Å². The highest BCUT2D eigenvalue weighted by molar-refractivity contribution is 6.30. The summed E-state index contributed by atoms with van der Waals surface area (Å²) in [5, 5.41) is 14.2. The topological polar surface area (TPSA) is 41.5 Å². The first-order valence-corrected chi connectivity index (χ1v) is 8.81. The molecule has 0 aliphatic heterocycles. The molecule has 138 valence electrons. The second-order valence-corrected chi connectivity index (χ2v) is 6.42. The minimum atomic E-state index is -0.551. The zero-order valence-electron chi connectivity index (χ0n) is 14.7. The van der Waals surface area contributed by atoms with E-state index in [2.05, 4.69) is 31.3 Å². The lowest BCUT2D eigenvalue weighted by Crippen LogP contribution is -2.32. The van der Waals surface area contributed by atoms with Gasteiger partial charge in [-0.2, -0.15) is 0 Å². The Hall–Kier alpha value is -1.10. The molecule has 2 aromatic carbocycles. The van der Waals surface area contributed by atoms with E-state index in [0.29, 0.717) is 13.2 Å². The minimum Gasteiger partial charge on any atom is -0.389 e. The number of hydrogen-bond acceptors (Lipinski definition) is 3. The van der Waals surface area contributed by atoms with E-state index in [0.717, 1.165) is 22.6 Å². The molecule has 2 aromatic rings. The first-order valence-electron chi connectivity index (χ1n) is 8.43. The maximum Gasteiger partial charge on any atom is 0.0898 e. The van der Waals surface area contributed by atoms with Crippen LogP contribution < -0.4 is 5.32 Å². The van der Waals surface area contributed by atoms with E-state index in [1.807, 2.05) is 42.5 Å². The van der Waals surface area contributed by atoms with E-state index in [1.54, 1.807) is 0 Å². The van der Waals surface area contributed by atoms with Crippen LogP contribution in [0, 0.1) is 0 Å². The maximum absolute atomic E-state index is 10.2. The van der Waals surface area contributed by atoms with Crippen molar-refractivity contribution in [1.29, 1.82) is 0 Å². The van der Waals surface area contributed by atoms with Crippen LogP contribution in [0.15, 0.2) is 54.6 Å². The Kier molecular flexibility index (Phi) is 10.1. The normalized spacial score (nSPS) is 14.4. The largest absolute Gasteiger partial charge is 0.389 e. The summed E-state index contributed by atoms with van der Waals surface area (Å²) < 4.78 is 5.89. The molecular formula is C20H27Cl2NO2. The molecule has 0 bridgehead atoms. The van der Waals surface area contributed by atoms with E-state index < -0.39 is 6.10 Å². The van der Waals surface area contributed by atoms with Crippen LogP contribution in [0.3, 0.4) is 0 Å². The van der Waals surface area contributed by atoms with Gasteiger partial charge >= 0.3 is 0 Å². The van der Waals surface area contributed by atoms with Gasteiger partial charge in [0, 0.05) is 17.6 Å². The summed E-state index contributed by atoms with van der Waals surface area (Å²) in [7, 11) is 0. The van der Waals surface area contributed by atoms with Crippen LogP contribution in [-0.4, -0.2) is 24.4 Å². The van der Waals surface area contributed by atoms with E-state index in [-0.39, 0.29) is 24.6 Å². The number of aliphatic hydroxyl groups excluding tert-OH is 1. The van der Waals surface area contributed by atoms with Crippen molar-refractivity contribution in [2.45, 2.75) is 38.5 Å². The standard InChI is InChI=1S/C20H26ClNO2.ClH/c1-3-20(16-8-5-4-6-9-16)24-14-19(23)13-22-15(2)17-10-7-11-18(21)12-17;/h4-12,15,19-20,22-23H,3,13-14H2,1-2H3;1H. The summed E-state index contributed by atoms with van der Waals surface area (Å²) in [6.07, 6.45) is 0.346. The highest BCUT2D eigenvalue weighted by atomic mass is 35.5. The van der Waals surface area contributed by atoms with Crippen LogP contribution in [0.25, 0.3) is 0 Å². The van der Waals surface area contributed by atoms with Crippen LogP contribution in [0.5, 0.6) is 0 Å². The van der Waals surface area contributed by atoms with Gasteiger partial charge in [0.15, 0.2) is 0 Å². The Balaban J connectivity index is 0.00000312. The first kappa shape index (κ1) is 21.9. The fourth-order valence-corrected chi connectivity index (χ4v) is 2.81. The molecule has 0 amide bonds. The summed E-state index contributed by atoms with van der Waals surface area (Å²) in [5.41, 5.74) is 2.25. The van der Waals surface area contributed by atoms with Crippen LogP contribution in [0.4, 0.5) is 0 Å². The quantitative estimate of drug-likeness (QED) is 0.643. The van der Waals surface area contributed by atoms with Gasteiger partial charge in [-0.05, 0) is 36.6 Å². The van der Waals surface area contributed by atoms with Gasteiger partial charge in [0.05, 0.1) is 18.8 Å². The molecule has 0 fully saturated rings. The molecule has 5 heteroatoms. The SMILES string of the molecule is CCC(OCC(O)CNC(C)c1cccc(Cl)c1)c1ccccc1.Cl. The van der Waals surface area contributed by atoms with Crippen molar-refractivity contribution in [3.05, 3.63) is 70.7 Å². The number of ether oxygens (including phenoxy) is 1. The third kappa shape index (κ3) is 7.35. The number of halogens is 2. The summed E-state index contributed by atoms with van der Waals surface area (Å²) in [6.45, 7) is 4.92. The molecule has 0 saturated heterocycles. The molecule has 0 aromatic heterocycles. The molecular weight excluding hydrogens is 357 g/mol. The molecule has 0 radical (unpaired) electrons. The zero-order chi connectivity index (χ0) is 17.4. The van der Waals surface area contributed by atoms with Crippen molar-refractivity contribution in [2.75, 3.05) is 13.2 Å². The molecule has 3 atom stereocenters. The number of aliphatic hydroxyl groups is 1. The first-order chi connectivity index (χ1) is 11.6. The average Bonchev–Trinajstić information content (AvgIpc) is 2.61. The third-order valence-corrected chi connectivity index (χ3v) is 4.28. The summed E-state index contributed by atoms with van der Waals surface area (Å²) >= 11 is 6.01. The maximum atomic E-state index is 10.2. The van der Waals surface area contributed by atoms with Crippen molar-refractivity contribution < 1.29 is 9.84 Å². The molecule has 3 unspecified atom stereocenters. The van der Waals surface area contributed by atoms with Crippen molar-refractivity contribution in [1.82, 2.24) is 5.32 Å². The molecule has 0 spiro atoms. The Bertz CT molecular complexity index is 610. The molecule has 3 nitrogen and oxygen atoms in total. The third-order valence-electron chi connectivity index (χ3n) is 4.04. The van der Waals surface area contributed by atoms with Crippen LogP contribution in [-0.2, 0) is 4.74 Å². The van der Waals surface area contributed by atoms with Gasteiger partial charge < -0.3 is 15.2 Å². The van der Waals surface area contributed by atoms with Crippen LogP contribution >= 0.6 is 24.0 Å². The smallest absolute Gasteiger partial charge is 0.0898 e. The van der Waals surface area contributed by atoms with Gasteiger partial charge in [0.25, 0.3) is 0 Å². The zero-order valence-corrected chi connectivity index (χ0v) is 16.3. The van der Waals surface area contributed by atoms with E-state index in [4.69, 9.17) is 16.3 Å². The Morgan fingerprint density at radius 3 is 2.40 bits per heavy atom. The van der Waals surface area contributed by atoms with Gasteiger partial charge in [-0.15, -0.1) is 12.4 Å². The Morgan fingerprint density at radius 1 is 1.08 bits per heavy atom. The molecule has 25 heavy (non-hydrogen) atoms. The van der Waals surface area contributed by atoms with E-state index >= 15 is 0 Å². The van der Waals surface area contributed by atoms with Gasteiger partial charge in [-0.3, -0.25) is 0 Å². The summed E-state index contributed by atoms with van der Waals surface area (Å²) in [4.78, 5) is 0. The number of benzene rings is 2. The summed E-state index contributed by atoms with van der Waals surface area (Å²) in [6, 6.07) is 18.0. The lowest BCUT2D eigenvalue weighted by atomic mass is 10.1. The molecule has 0 heterocycles. The Labute approximate surface area is 161 Å². The molecule has 2 rings (SSSR count). The van der Waals surface area contributed by atoms with Gasteiger partial charge in [0.2, 0.25) is 0 Å². The predicted octanol–water partition coefficient (Wildman–Crippen LogP) is 4.94. The lowest BCUT2D eigenvalue weighted by molar-refractivity contribution is -0.0120. The minimum absolute atomic E-state index is 0. The number of hydrogen-bond donors (Lipinski definition) is 2. The second kappa shape index (κ2) is 11.5. The van der Waals surface area contributed by atoms with E-state index in [1.165, 1.54) is 0 Å². The molecule has 0 saturated carbocycles.